The molecule has 2 rings (SSSR count). The second-order valence-corrected chi connectivity index (χ2v) is 4.35. The van der Waals surface area contributed by atoms with Gasteiger partial charge in [-0.1, -0.05) is 11.6 Å². The van der Waals surface area contributed by atoms with Crippen molar-refractivity contribution in [3.8, 4) is 0 Å². The van der Waals surface area contributed by atoms with Crippen LogP contribution in [0.15, 0.2) is 17.5 Å². The van der Waals surface area contributed by atoms with Gasteiger partial charge in [0.05, 0.1) is 10.7 Å². The third-order valence-electron chi connectivity index (χ3n) is 1.92. The van der Waals surface area contributed by atoms with E-state index in [9.17, 15) is 0 Å². The van der Waals surface area contributed by atoms with Crippen LogP contribution in [0.25, 0.3) is 10.1 Å². The lowest BCUT2D eigenvalue weighted by atomic mass is 10.2. The van der Waals surface area contributed by atoms with E-state index in [4.69, 9.17) is 28.9 Å². The maximum Gasteiger partial charge on any atom is 0.0642 e. The molecule has 0 radical (unpaired) electrons. The number of halogens is 2. The summed E-state index contributed by atoms with van der Waals surface area (Å²) in [6.07, 6.45) is 0. The highest BCUT2D eigenvalue weighted by Gasteiger charge is 2.05. The van der Waals surface area contributed by atoms with Gasteiger partial charge in [-0.2, -0.15) is 0 Å². The average Bonchev–Trinajstić information content (AvgIpc) is 2.48. The largest absolute Gasteiger partial charge is 0.397 e. The van der Waals surface area contributed by atoms with Crippen molar-refractivity contribution in [2.45, 2.75) is 5.88 Å². The number of alkyl halides is 1. The van der Waals surface area contributed by atoms with Crippen LogP contribution in [0.2, 0.25) is 5.02 Å². The molecular formula is C9H7Cl2NS. The van der Waals surface area contributed by atoms with E-state index >= 15 is 0 Å². The maximum atomic E-state index is 5.91. The van der Waals surface area contributed by atoms with E-state index in [1.54, 1.807) is 11.3 Å². The predicted molar refractivity (Wildman–Crippen MR) is 60.8 cm³/mol. The Balaban J connectivity index is 2.77. The highest BCUT2D eigenvalue weighted by Crippen LogP contribution is 2.33. The molecule has 0 aliphatic heterocycles. The minimum Gasteiger partial charge on any atom is -0.397 e. The molecule has 1 heterocycles. The first kappa shape index (κ1) is 9.13. The zero-order chi connectivity index (χ0) is 9.42. The fraction of sp³-hybridized carbons (Fsp3) is 0.111. The standard InChI is InChI=1S/C9H7Cl2NS/c10-3-5-4-13-9-2-8(12)7(11)1-6(5)9/h1-2,4H,3,12H2. The third kappa shape index (κ3) is 1.50. The predicted octanol–water partition coefficient (Wildman–Crippen LogP) is 3.88. The van der Waals surface area contributed by atoms with E-state index in [1.165, 1.54) is 0 Å². The van der Waals surface area contributed by atoms with E-state index < -0.39 is 0 Å². The van der Waals surface area contributed by atoms with Gasteiger partial charge in [-0.25, -0.2) is 0 Å². The first-order valence-corrected chi connectivity index (χ1v) is 5.52. The lowest BCUT2D eigenvalue weighted by Crippen LogP contribution is -1.85. The van der Waals surface area contributed by atoms with Crippen LogP contribution in [0.4, 0.5) is 5.69 Å². The first-order chi connectivity index (χ1) is 6.22. The highest BCUT2D eigenvalue weighted by atomic mass is 35.5. The molecule has 0 bridgehead atoms. The summed E-state index contributed by atoms with van der Waals surface area (Å²) >= 11 is 13.3. The monoisotopic (exact) mass is 231 g/mol. The van der Waals surface area contributed by atoms with Crippen LogP contribution in [-0.4, -0.2) is 0 Å². The normalized spacial score (nSPS) is 10.9. The van der Waals surface area contributed by atoms with Gasteiger partial charge in [0.15, 0.2) is 0 Å². The lowest BCUT2D eigenvalue weighted by Gasteiger charge is -1.98. The van der Waals surface area contributed by atoms with Gasteiger partial charge < -0.3 is 5.73 Å². The quantitative estimate of drug-likeness (QED) is 0.586. The van der Waals surface area contributed by atoms with Crippen molar-refractivity contribution in [3.05, 3.63) is 28.1 Å². The van der Waals surface area contributed by atoms with Crippen LogP contribution < -0.4 is 5.73 Å². The van der Waals surface area contributed by atoms with Crippen LogP contribution in [0.1, 0.15) is 5.56 Å². The molecule has 1 aromatic heterocycles. The third-order valence-corrected chi connectivity index (χ3v) is 3.53. The number of thiophene rings is 1. The summed E-state index contributed by atoms with van der Waals surface area (Å²) in [6.45, 7) is 0. The van der Waals surface area contributed by atoms with Crippen molar-refractivity contribution in [2.75, 3.05) is 5.73 Å². The smallest absolute Gasteiger partial charge is 0.0642 e. The van der Waals surface area contributed by atoms with Crippen LogP contribution in [0.3, 0.4) is 0 Å². The molecule has 0 aliphatic rings. The number of hydrogen-bond acceptors (Lipinski definition) is 2. The molecule has 0 saturated heterocycles. The Morgan fingerprint density at radius 1 is 1.38 bits per heavy atom. The molecule has 0 atom stereocenters. The van der Waals surface area contributed by atoms with Crippen molar-refractivity contribution < 1.29 is 0 Å². The molecule has 0 unspecified atom stereocenters. The van der Waals surface area contributed by atoms with E-state index in [1.807, 2.05) is 17.5 Å². The molecule has 2 aromatic rings. The lowest BCUT2D eigenvalue weighted by molar-refractivity contribution is 1.50. The molecule has 0 fully saturated rings. The highest BCUT2D eigenvalue weighted by molar-refractivity contribution is 7.17. The fourth-order valence-electron chi connectivity index (χ4n) is 1.22. The summed E-state index contributed by atoms with van der Waals surface area (Å²) in [6, 6.07) is 3.76. The second-order valence-electron chi connectivity index (χ2n) is 2.76. The Morgan fingerprint density at radius 3 is 2.85 bits per heavy atom. The zero-order valence-corrected chi connectivity index (χ0v) is 9.01. The van der Waals surface area contributed by atoms with Crippen molar-refractivity contribution >= 4 is 50.3 Å². The van der Waals surface area contributed by atoms with Gasteiger partial charge in [-0.15, -0.1) is 22.9 Å². The summed E-state index contributed by atoms with van der Waals surface area (Å²) in [4.78, 5) is 0. The summed E-state index contributed by atoms with van der Waals surface area (Å²) in [5.74, 6) is 0.514. The Bertz CT molecular complexity index is 450. The number of hydrogen-bond donors (Lipinski definition) is 1. The van der Waals surface area contributed by atoms with Crippen molar-refractivity contribution in [3.63, 3.8) is 0 Å². The number of nitrogen functional groups attached to an aromatic ring is 1. The van der Waals surface area contributed by atoms with Gasteiger partial charge >= 0.3 is 0 Å². The number of rotatable bonds is 1. The molecule has 1 nitrogen and oxygen atoms in total. The summed E-state index contributed by atoms with van der Waals surface area (Å²) in [5, 5.41) is 3.74. The van der Waals surface area contributed by atoms with Gasteiger partial charge in [-0.3, -0.25) is 0 Å². The van der Waals surface area contributed by atoms with Crippen LogP contribution in [0.5, 0.6) is 0 Å². The topological polar surface area (TPSA) is 26.0 Å². The molecular weight excluding hydrogens is 225 g/mol. The van der Waals surface area contributed by atoms with Gasteiger partial charge in [-0.05, 0) is 28.5 Å². The second kappa shape index (κ2) is 3.37. The fourth-order valence-corrected chi connectivity index (χ4v) is 2.69. The zero-order valence-electron chi connectivity index (χ0n) is 6.68. The summed E-state index contributed by atoms with van der Waals surface area (Å²) < 4.78 is 1.14. The van der Waals surface area contributed by atoms with Gasteiger partial charge in [0.25, 0.3) is 0 Å². The number of nitrogens with two attached hydrogens (primary N) is 1. The molecule has 4 heteroatoms. The van der Waals surface area contributed by atoms with Crippen molar-refractivity contribution in [1.29, 1.82) is 0 Å². The number of fused-ring (bicyclic) bond motifs is 1. The van der Waals surface area contributed by atoms with E-state index in [0.717, 1.165) is 15.6 Å². The van der Waals surface area contributed by atoms with Crippen LogP contribution >= 0.6 is 34.5 Å². The number of anilines is 1. The molecule has 0 saturated carbocycles. The summed E-state index contributed by atoms with van der Waals surface area (Å²) in [5.41, 5.74) is 7.42. The number of benzene rings is 1. The molecule has 1 aromatic carbocycles. The van der Waals surface area contributed by atoms with E-state index in [0.29, 0.717) is 16.6 Å². The van der Waals surface area contributed by atoms with E-state index in [2.05, 4.69) is 0 Å². The molecule has 0 amide bonds. The molecule has 0 aliphatic carbocycles. The molecule has 68 valence electrons. The minimum absolute atomic E-state index is 0.514. The van der Waals surface area contributed by atoms with Gasteiger partial charge in [0.2, 0.25) is 0 Å². The average molecular weight is 232 g/mol. The Hall–Kier alpha value is -0.440. The van der Waals surface area contributed by atoms with Gasteiger partial charge in [0, 0.05) is 10.6 Å². The first-order valence-electron chi connectivity index (χ1n) is 3.73. The van der Waals surface area contributed by atoms with Crippen molar-refractivity contribution in [1.82, 2.24) is 0 Å². The van der Waals surface area contributed by atoms with Crippen LogP contribution in [0, 0.1) is 0 Å². The van der Waals surface area contributed by atoms with Crippen LogP contribution in [-0.2, 0) is 5.88 Å². The molecule has 2 N–H and O–H groups in total. The minimum atomic E-state index is 0.514. The van der Waals surface area contributed by atoms with Crippen molar-refractivity contribution in [2.24, 2.45) is 0 Å². The molecule has 13 heavy (non-hydrogen) atoms. The Labute approximate surface area is 90.1 Å². The Kier molecular flexibility index (Phi) is 2.37. The summed E-state index contributed by atoms with van der Waals surface area (Å²) in [7, 11) is 0. The van der Waals surface area contributed by atoms with Gasteiger partial charge in [0.1, 0.15) is 0 Å². The van der Waals surface area contributed by atoms with E-state index in [-0.39, 0.29) is 0 Å². The molecule has 0 spiro atoms. The maximum absolute atomic E-state index is 5.91. The Morgan fingerprint density at radius 2 is 2.15 bits per heavy atom. The SMILES string of the molecule is Nc1cc2scc(CCl)c2cc1Cl.